The lowest BCUT2D eigenvalue weighted by Gasteiger charge is -2.40. The van der Waals surface area contributed by atoms with Gasteiger partial charge in [-0.15, -0.1) is 11.3 Å². The van der Waals surface area contributed by atoms with E-state index in [-0.39, 0.29) is 23.2 Å². The Kier molecular flexibility index (Phi) is 10.5. The van der Waals surface area contributed by atoms with E-state index in [1.165, 1.54) is 6.07 Å². The summed E-state index contributed by atoms with van der Waals surface area (Å²) in [5.41, 5.74) is 1.87. The summed E-state index contributed by atoms with van der Waals surface area (Å²) in [6.45, 7) is 2.94. The summed E-state index contributed by atoms with van der Waals surface area (Å²) in [5, 5.41) is 35.8. The predicted octanol–water partition coefficient (Wildman–Crippen LogP) is 1.80. The molecule has 1 atom stereocenters. The van der Waals surface area contributed by atoms with Gasteiger partial charge in [0.1, 0.15) is 5.82 Å². The molecule has 3 heterocycles. The molecule has 2 aliphatic heterocycles. The molecule has 41 heavy (non-hydrogen) atoms. The van der Waals surface area contributed by atoms with Crippen LogP contribution in [0.5, 0.6) is 0 Å². The number of aromatic nitrogens is 1. The lowest BCUT2D eigenvalue weighted by atomic mass is 9.83. The smallest absolute Gasteiger partial charge is 0.336 e. The highest BCUT2D eigenvalue weighted by Gasteiger charge is 2.43. The number of amides is 1. The number of benzene rings is 1. The minimum Gasteiger partial charge on any atom is -0.481 e. The number of carboxylic acids is 3. The number of likely N-dealkylation sites (tertiary alicyclic amines) is 1. The Bertz CT molecular complexity index is 1230. The number of aliphatic hydroxyl groups is 1. The molecule has 224 valence electrons. The first-order valence-electron chi connectivity index (χ1n) is 12.9. The maximum atomic E-state index is 13.5. The van der Waals surface area contributed by atoms with Crippen molar-refractivity contribution >= 4 is 35.2 Å². The first kappa shape index (κ1) is 32.1. The fourth-order valence-corrected chi connectivity index (χ4v) is 5.71. The second-order valence-electron chi connectivity index (χ2n) is 10.5. The Morgan fingerprint density at radius 2 is 1.78 bits per heavy atom. The van der Waals surface area contributed by atoms with Gasteiger partial charge in [-0.2, -0.15) is 0 Å². The number of piperidine rings is 1. The van der Waals surface area contributed by atoms with Crippen LogP contribution in [0, 0.1) is 11.7 Å². The Labute approximate surface area is 240 Å². The number of fused-ring (bicyclic) bond motifs is 2. The zero-order chi connectivity index (χ0) is 30.4. The van der Waals surface area contributed by atoms with Crippen LogP contribution in [0.15, 0.2) is 29.1 Å². The number of rotatable bonds is 10. The number of carboxylic acid groups (broad SMARTS) is 3. The third kappa shape index (κ3) is 8.28. The third-order valence-electron chi connectivity index (χ3n) is 7.22. The lowest BCUT2D eigenvalue weighted by Crippen LogP contribution is -2.46. The van der Waals surface area contributed by atoms with Gasteiger partial charge in [0, 0.05) is 45.5 Å². The molecule has 1 amide bonds. The molecule has 1 aromatic carbocycles. The number of halogens is 1. The highest BCUT2D eigenvalue weighted by molar-refractivity contribution is 7.07. The molecule has 1 unspecified atom stereocenters. The van der Waals surface area contributed by atoms with E-state index in [4.69, 9.17) is 25.2 Å². The van der Waals surface area contributed by atoms with Gasteiger partial charge in [0.05, 0.1) is 42.2 Å². The van der Waals surface area contributed by atoms with Crippen LogP contribution in [-0.2, 0) is 42.5 Å². The van der Waals surface area contributed by atoms with Gasteiger partial charge >= 0.3 is 17.9 Å². The first-order valence-corrected chi connectivity index (χ1v) is 13.8. The molecule has 1 fully saturated rings. The largest absolute Gasteiger partial charge is 0.481 e. The van der Waals surface area contributed by atoms with E-state index in [0.29, 0.717) is 13.0 Å². The van der Waals surface area contributed by atoms with Crippen molar-refractivity contribution in [1.82, 2.24) is 14.8 Å². The highest BCUT2D eigenvalue weighted by Crippen LogP contribution is 2.44. The number of aliphatic carboxylic acids is 3. The summed E-state index contributed by atoms with van der Waals surface area (Å²) in [7, 11) is 3.62. The SMILES string of the molecule is CN(C)C(=O)C(Cc1cscn1)CN1CCC2(CC1)OCc1cc(F)ccc12.O=C(O)CC(O)(CC(=O)O)C(=O)O. The average molecular weight is 596 g/mol. The van der Waals surface area contributed by atoms with Crippen LogP contribution in [0.3, 0.4) is 0 Å². The minimum atomic E-state index is -2.74. The van der Waals surface area contributed by atoms with Crippen LogP contribution in [0.1, 0.15) is 42.5 Å². The fraction of sp³-hybridized carbons (Fsp3) is 0.519. The van der Waals surface area contributed by atoms with E-state index < -0.39 is 36.4 Å². The zero-order valence-corrected chi connectivity index (χ0v) is 23.6. The van der Waals surface area contributed by atoms with Crippen LogP contribution in [0.4, 0.5) is 4.39 Å². The summed E-state index contributed by atoms with van der Waals surface area (Å²) in [4.78, 5) is 51.6. The Morgan fingerprint density at radius 3 is 2.29 bits per heavy atom. The normalized spacial score (nSPS) is 16.8. The number of carbonyl (C=O) groups is 4. The van der Waals surface area contributed by atoms with Gasteiger partial charge in [0.25, 0.3) is 0 Å². The number of ether oxygens (including phenoxy) is 1. The molecule has 1 saturated heterocycles. The zero-order valence-electron chi connectivity index (χ0n) is 22.8. The monoisotopic (exact) mass is 595 g/mol. The van der Waals surface area contributed by atoms with E-state index in [2.05, 4.69) is 9.88 Å². The number of carbonyl (C=O) groups excluding carboxylic acids is 1. The van der Waals surface area contributed by atoms with Gasteiger partial charge in [-0.1, -0.05) is 6.07 Å². The molecule has 14 heteroatoms. The molecule has 2 aliphatic rings. The Balaban J connectivity index is 0.000000302. The van der Waals surface area contributed by atoms with Gasteiger partial charge in [-0.25, -0.2) is 14.2 Å². The molecule has 0 aliphatic carbocycles. The van der Waals surface area contributed by atoms with Crippen molar-refractivity contribution in [2.75, 3.05) is 33.7 Å². The van der Waals surface area contributed by atoms with Crippen LogP contribution in [-0.4, -0.2) is 98.4 Å². The van der Waals surface area contributed by atoms with E-state index >= 15 is 0 Å². The maximum Gasteiger partial charge on any atom is 0.336 e. The third-order valence-corrected chi connectivity index (χ3v) is 7.85. The molecule has 1 spiro atoms. The van der Waals surface area contributed by atoms with Crippen LogP contribution >= 0.6 is 11.3 Å². The molecule has 12 nitrogen and oxygen atoms in total. The molecular formula is C27H34FN3O9S. The summed E-state index contributed by atoms with van der Waals surface area (Å²) in [6.07, 6.45) is 0.112. The van der Waals surface area contributed by atoms with Crippen molar-refractivity contribution in [2.24, 2.45) is 5.92 Å². The van der Waals surface area contributed by atoms with Crippen LogP contribution in [0.25, 0.3) is 0 Å². The van der Waals surface area contributed by atoms with Crippen molar-refractivity contribution < 1.29 is 48.7 Å². The second kappa shape index (κ2) is 13.5. The molecule has 0 saturated carbocycles. The van der Waals surface area contributed by atoms with Crippen molar-refractivity contribution in [2.45, 2.75) is 49.9 Å². The number of thiazole rings is 1. The quantitative estimate of drug-likeness (QED) is 0.315. The van der Waals surface area contributed by atoms with Crippen molar-refractivity contribution in [3.05, 3.63) is 51.7 Å². The van der Waals surface area contributed by atoms with Crippen LogP contribution in [0.2, 0.25) is 0 Å². The van der Waals surface area contributed by atoms with Gasteiger partial charge < -0.3 is 35.0 Å². The topological polar surface area (TPSA) is 178 Å². The van der Waals surface area contributed by atoms with Crippen LogP contribution < -0.4 is 0 Å². The number of hydrogen-bond donors (Lipinski definition) is 4. The lowest BCUT2D eigenvalue weighted by molar-refractivity contribution is -0.170. The summed E-state index contributed by atoms with van der Waals surface area (Å²) in [6, 6.07) is 5.01. The van der Waals surface area contributed by atoms with E-state index in [1.54, 1.807) is 22.3 Å². The van der Waals surface area contributed by atoms with Gasteiger partial charge in [-0.3, -0.25) is 14.4 Å². The summed E-state index contributed by atoms with van der Waals surface area (Å²) < 4.78 is 19.7. The van der Waals surface area contributed by atoms with E-state index in [9.17, 15) is 23.6 Å². The van der Waals surface area contributed by atoms with E-state index in [0.717, 1.165) is 49.3 Å². The molecule has 1 aromatic heterocycles. The highest BCUT2D eigenvalue weighted by atomic mass is 32.1. The van der Waals surface area contributed by atoms with E-state index in [1.807, 2.05) is 31.1 Å². The molecule has 4 rings (SSSR count). The first-order chi connectivity index (χ1) is 19.2. The van der Waals surface area contributed by atoms with Gasteiger partial charge in [0.2, 0.25) is 5.91 Å². The molecular weight excluding hydrogens is 561 g/mol. The molecule has 0 radical (unpaired) electrons. The fourth-order valence-electron chi connectivity index (χ4n) is 5.14. The predicted molar refractivity (Wildman–Crippen MR) is 144 cm³/mol. The van der Waals surface area contributed by atoms with Gasteiger partial charge in [-0.05, 0) is 36.1 Å². The number of nitrogens with zero attached hydrogens (tertiary/aromatic N) is 3. The molecule has 0 bridgehead atoms. The standard InChI is InChI=1S/C21H26FN3O2S.C6H8O7/c1-24(2)20(26)15(10-18-13-28-14-23-18)11-25-7-5-21(6-8-25)19-4-3-17(22)9-16(19)12-27-21;7-3(8)1-6(13,5(11)12)2-4(9)10/h3-4,9,13-15H,5-8,10-12H2,1-2H3;13H,1-2H2,(H,7,8)(H,9,10)(H,11,12). The Morgan fingerprint density at radius 1 is 1.15 bits per heavy atom. The summed E-state index contributed by atoms with van der Waals surface area (Å²) in [5.74, 6) is -5.18. The number of hydrogen-bond acceptors (Lipinski definition) is 9. The Hall–Kier alpha value is -3.46. The van der Waals surface area contributed by atoms with Crippen molar-refractivity contribution in [1.29, 1.82) is 0 Å². The van der Waals surface area contributed by atoms with Crippen molar-refractivity contribution in [3.8, 4) is 0 Å². The average Bonchev–Trinajstić information content (AvgIpc) is 3.52. The molecule has 4 N–H and O–H groups in total. The molecule has 2 aromatic rings. The van der Waals surface area contributed by atoms with Crippen molar-refractivity contribution in [3.63, 3.8) is 0 Å². The van der Waals surface area contributed by atoms with Gasteiger partial charge in [0.15, 0.2) is 5.60 Å². The minimum absolute atomic E-state index is 0.1000. The maximum absolute atomic E-state index is 13.5. The second-order valence-corrected chi connectivity index (χ2v) is 11.2. The summed E-state index contributed by atoms with van der Waals surface area (Å²) >= 11 is 1.56.